The van der Waals surface area contributed by atoms with Gasteiger partial charge in [0, 0.05) is 39.7 Å². The van der Waals surface area contributed by atoms with Crippen LogP contribution in [0.1, 0.15) is 30.9 Å². The number of aryl methyl sites for hydroxylation is 1. The molecule has 9 nitrogen and oxygen atoms in total. The summed E-state index contributed by atoms with van der Waals surface area (Å²) >= 11 is 0. The lowest BCUT2D eigenvalue weighted by Gasteiger charge is -2.18. The highest BCUT2D eigenvalue weighted by molar-refractivity contribution is 7.93. The van der Waals surface area contributed by atoms with Crippen molar-refractivity contribution in [2.75, 3.05) is 11.0 Å². The molecule has 0 atom stereocenters. The Kier molecular flexibility index (Phi) is 6.00. The van der Waals surface area contributed by atoms with Crippen molar-refractivity contribution in [3.63, 3.8) is 0 Å². The number of aromatic nitrogens is 2. The molecule has 3 heterocycles. The first-order valence-corrected chi connectivity index (χ1v) is 15.9. The molecule has 2 aromatic carbocycles. The third-order valence-corrected chi connectivity index (χ3v) is 10.1. The molecule has 0 bridgehead atoms. The normalized spacial score (nSPS) is 14.4. The number of nitrogens with zero attached hydrogens (tertiary/aromatic N) is 2. The molecule has 40 heavy (non-hydrogen) atoms. The lowest BCUT2D eigenvalue weighted by Crippen LogP contribution is -2.22. The van der Waals surface area contributed by atoms with E-state index in [-0.39, 0.29) is 11.2 Å². The highest BCUT2D eigenvalue weighted by Crippen LogP contribution is 2.38. The molecule has 0 radical (unpaired) electrons. The molecule has 0 spiro atoms. The second kappa shape index (κ2) is 9.10. The van der Waals surface area contributed by atoms with Gasteiger partial charge in [-0.3, -0.25) is 4.72 Å². The number of sulfone groups is 1. The minimum absolute atomic E-state index is 0.0179. The van der Waals surface area contributed by atoms with Gasteiger partial charge in [-0.2, -0.15) is 0 Å². The third kappa shape index (κ3) is 4.24. The number of sulfonamides is 1. The van der Waals surface area contributed by atoms with Crippen molar-refractivity contribution < 1.29 is 30.0 Å². The Bertz CT molecular complexity index is 2150. The van der Waals surface area contributed by atoms with E-state index in [0.29, 0.717) is 47.0 Å². The van der Waals surface area contributed by atoms with Crippen LogP contribution in [0.25, 0.3) is 32.9 Å². The fraction of sp³-hybridized carbons (Fsp3) is 0.259. The van der Waals surface area contributed by atoms with Crippen molar-refractivity contribution in [1.29, 1.82) is 0 Å². The predicted molar refractivity (Wildman–Crippen MR) is 147 cm³/mol. The number of hydrogen-bond acceptors (Lipinski definition) is 7. The minimum atomic E-state index is -4.24. The summed E-state index contributed by atoms with van der Waals surface area (Å²) in [4.78, 5) is 16.5. The second-order valence-electron chi connectivity index (χ2n) is 9.90. The summed E-state index contributed by atoms with van der Waals surface area (Å²) in [6.45, 7) is 1.39. The summed E-state index contributed by atoms with van der Waals surface area (Å²) in [5.41, 5.74) is -0.546. The van der Waals surface area contributed by atoms with Gasteiger partial charge in [0.2, 0.25) is 15.7 Å². The summed E-state index contributed by atoms with van der Waals surface area (Å²) < 4.78 is 90.6. The van der Waals surface area contributed by atoms with Gasteiger partial charge < -0.3 is 8.98 Å². The van der Waals surface area contributed by atoms with Gasteiger partial charge in [-0.15, -0.1) is 0 Å². The molecular weight excluding hydrogens is 564 g/mol. The summed E-state index contributed by atoms with van der Waals surface area (Å²) in [7, 11) is -8.31. The molecule has 1 aliphatic carbocycles. The van der Waals surface area contributed by atoms with Gasteiger partial charge in [0.05, 0.1) is 17.5 Å². The second-order valence-corrected chi connectivity index (χ2v) is 13.8. The van der Waals surface area contributed by atoms with E-state index in [1.807, 2.05) is 19.1 Å². The van der Waals surface area contributed by atoms with Crippen LogP contribution in [0.3, 0.4) is 0 Å². The van der Waals surface area contributed by atoms with Crippen molar-refractivity contribution in [2.45, 2.75) is 42.9 Å². The van der Waals surface area contributed by atoms with Crippen molar-refractivity contribution in [1.82, 2.24) is 9.55 Å². The standard InChI is InChI=1S/C27H23F2N3O6S2/c1-3-14-6-9-20-17(11-14)22-16-5-4-10-30-26(16)38-27(33)25(22)32(20)13-18-23(29)21(39(2,34)35)12-19(28)24(18)31-40(36,37)15-7-8-15/h4-6,9-12,15,31H,3,7-8,13H2,1-2H3. The zero-order valence-electron chi connectivity index (χ0n) is 21.4. The van der Waals surface area contributed by atoms with Crippen LogP contribution in [0.4, 0.5) is 14.5 Å². The fourth-order valence-electron chi connectivity index (χ4n) is 5.01. The van der Waals surface area contributed by atoms with Gasteiger partial charge in [0.1, 0.15) is 22.0 Å². The fourth-order valence-corrected chi connectivity index (χ4v) is 7.21. The van der Waals surface area contributed by atoms with E-state index in [0.717, 1.165) is 11.8 Å². The number of halogens is 2. The lowest BCUT2D eigenvalue weighted by molar-refractivity contribution is 0.539. The van der Waals surface area contributed by atoms with E-state index < -0.39 is 65.1 Å². The average molecular weight is 588 g/mol. The van der Waals surface area contributed by atoms with Gasteiger partial charge in [0.15, 0.2) is 9.84 Å². The number of pyridine rings is 1. The predicted octanol–water partition coefficient (Wildman–Crippen LogP) is 4.49. The van der Waals surface area contributed by atoms with Crippen LogP contribution >= 0.6 is 0 Å². The molecular formula is C27H23F2N3O6S2. The maximum atomic E-state index is 16.0. The molecule has 208 valence electrons. The van der Waals surface area contributed by atoms with E-state index >= 15 is 8.78 Å². The highest BCUT2D eigenvalue weighted by Gasteiger charge is 2.37. The van der Waals surface area contributed by atoms with E-state index in [1.165, 1.54) is 10.8 Å². The molecule has 1 aliphatic rings. The molecule has 3 aromatic heterocycles. The van der Waals surface area contributed by atoms with Crippen molar-refractivity contribution in [3.05, 3.63) is 75.8 Å². The van der Waals surface area contributed by atoms with E-state index in [4.69, 9.17) is 4.42 Å². The van der Waals surface area contributed by atoms with Gasteiger partial charge in [-0.1, -0.05) is 13.0 Å². The van der Waals surface area contributed by atoms with Gasteiger partial charge in [0.25, 0.3) is 0 Å². The maximum absolute atomic E-state index is 16.0. The van der Waals surface area contributed by atoms with Crippen LogP contribution in [0.15, 0.2) is 56.7 Å². The smallest absolute Gasteiger partial charge is 0.362 e. The largest absolute Gasteiger partial charge is 0.402 e. The Morgan fingerprint density at radius 3 is 2.52 bits per heavy atom. The Morgan fingerprint density at radius 1 is 1.10 bits per heavy atom. The van der Waals surface area contributed by atoms with Crippen LogP contribution < -0.4 is 10.3 Å². The molecule has 1 fully saturated rings. The highest BCUT2D eigenvalue weighted by atomic mass is 32.2. The molecule has 0 amide bonds. The maximum Gasteiger partial charge on any atom is 0.362 e. The molecule has 1 saturated carbocycles. The number of rotatable bonds is 7. The molecule has 0 saturated heterocycles. The first kappa shape index (κ1) is 26.4. The number of fused-ring (bicyclic) bond motifs is 5. The number of hydrogen-bond donors (Lipinski definition) is 1. The van der Waals surface area contributed by atoms with Crippen LogP contribution in [-0.2, 0) is 32.8 Å². The number of anilines is 1. The monoisotopic (exact) mass is 587 g/mol. The van der Waals surface area contributed by atoms with E-state index in [9.17, 15) is 21.6 Å². The zero-order valence-corrected chi connectivity index (χ0v) is 23.0. The summed E-state index contributed by atoms with van der Waals surface area (Å²) in [5, 5.41) is 0.856. The van der Waals surface area contributed by atoms with Crippen molar-refractivity contribution in [3.8, 4) is 0 Å². The van der Waals surface area contributed by atoms with Crippen LogP contribution in [-0.4, -0.2) is 37.9 Å². The molecule has 1 N–H and O–H groups in total. The number of nitrogens with one attached hydrogen (secondary N) is 1. The third-order valence-electron chi connectivity index (χ3n) is 7.16. The molecule has 5 aromatic rings. The molecule has 0 aliphatic heterocycles. The number of benzene rings is 2. The average Bonchev–Trinajstić information content (AvgIpc) is 3.71. The van der Waals surface area contributed by atoms with E-state index in [2.05, 4.69) is 9.71 Å². The van der Waals surface area contributed by atoms with Crippen molar-refractivity contribution in [2.24, 2.45) is 0 Å². The Morgan fingerprint density at radius 2 is 1.85 bits per heavy atom. The zero-order chi connectivity index (χ0) is 28.6. The van der Waals surface area contributed by atoms with Crippen LogP contribution in [0.2, 0.25) is 0 Å². The molecule has 0 unspecified atom stereocenters. The summed E-state index contributed by atoms with van der Waals surface area (Å²) in [6, 6.07) is 9.27. The first-order chi connectivity index (χ1) is 18.9. The lowest BCUT2D eigenvalue weighted by atomic mass is 10.1. The molecule has 13 heteroatoms. The van der Waals surface area contributed by atoms with Crippen LogP contribution in [0.5, 0.6) is 0 Å². The quantitative estimate of drug-likeness (QED) is 0.297. The minimum Gasteiger partial charge on any atom is -0.402 e. The van der Waals surface area contributed by atoms with E-state index in [1.54, 1.807) is 18.2 Å². The van der Waals surface area contributed by atoms with Gasteiger partial charge in [-0.05, 0) is 55.2 Å². The van der Waals surface area contributed by atoms with Crippen molar-refractivity contribution >= 4 is 58.5 Å². The Balaban J connectivity index is 1.70. The SMILES string of the molecule is CCc1ccc2c(c1)c1c3cccnc3oc(=O)c1n2Cc1c(F)c(S(C)(=O)=O)cc(F)c1NS(=O)(=O)C1CC1. The molecule has 6 rings (SSSR count). The topological polar surface area (TPSA) is 128 Å². The first-order valence-electron chi connectivity index (χ1n) is 12.5. The van der Waals surface area contributed by atoms with Gasteiger partial charge >= 0.3 is 5.63 Å². The van der Waals surface area contributed by atoms with Crippen LogP contribution in [0, 0.1) is 11.6 Å². The van der Waals surface area contributed by atoms with Gasteiger partial charge in [-0.25, -0.2) is 35.4 Å². The Labute approximate surface area is 227 Å². The Hall–Kier alpha value is -3.84. The summed E-state index contributed by atoms with van der Waals surface area (Å²) in [5.74, 6) is -2.57. The summed E-state index contributed by atoms with van der Waals surface area (Å²) in [6.07, 6.45) is 3.61.